The average molecular weight is 307 g/mol. The molecule has 0 saturated heterocycles. The molecular formula is C16H25N3O3. The van der Waals surface area contributed by atoms with Gasteiger partial charge in [-0.3, -0.25) is 15.0 Å². The maximum Gasteiger partial charge on any atom is 0.321 e. The number of likely N-dealkylation sites (N-methyl/N-ethyl adjacent to an activating group) is 1. The van der Waals surface area contributed by atoms with E-state index in [4.69, 9.17) is 4.74 Å². The highest BCUT2D eigenvalue weighted by Gasteiger charge is 2.20. The van der Waals surface area contributed by atoms with Crippen LogP contribution < -0.4 is 15.4 Å². The molecule has 1 atom stereocenters. The number of ether oxygens (including phenoxy) is 1. The number of aryl methyl sites for hydroxylation is 2. The van der Waals surface area contributed by atoms with Crippen LogP contribution >= 0.6 is 0 Å². The Morgan fingerprint density at radius 3 is 2.27 bits per heavy atom. The number of nitrogens with one attached hydrogen (secondary N) is 2. The number of urea groups is 1. The molecule has 0 heterocycles. The molecule has 0 aromatic heterocycles. The molecular weight excluding hydrogens is 282 g/mol. The minimum Gasteiger partial charge on any atom is -0.496 e. The summed E-state index contributed by atoms with van der Waals surface area (Å²) in [5.41, 5.74) is 3.22. The molecule has 6 heteroatoms. The molecule has 1 aromatic carbocycles. The fraction of sp³-hybridized carbons (Fsp3) is 0.500. The van der Waals surface area contributed by atoms with Gasteiger partial charge in [0.1, 0.15) is 5.75 Å². The fourth-order valence-electron chi connectivity index (χ4n) is 2.36. The smallest absolute Gasteiger partial charge is 0.321 e. The van der Waals surface area contributed by atoms with Crippen LogP contribution in [0.3, 0.4) is 0 Å². The van der Waals surface area contributed by atoms with Crippen LogP contribution in [0.5, 0.6) is 5.75 Å². The van der Waals surface area contributed by atoms with Crippen molar-refractivity contribution in [3.05, 3.63) is 28.8 Å². The molecule has 122 valence electrons. The highest BCUT2D eigenvalue weighted by molar-refractivity contribution is 5.96. The second-order valence-corrected chi connectivity index (χ2v) is 5.42. The van der Waals surface area contributed by atoms with E-state index in [0.29, 0.717) is 6.54 Å². The van der Waals surface area contributed by atoms with Gasteiger partial charge in [-0.15, -0.1) is 0 Å². The van der Waals surface area contributed by atoms with Gasteiger partial charge in [-0.05, 0) is 44.5 Å². The zero-order valence-corrected chi connectivity index (χ0v) is 14.1. The van der Waals surface area contributed by atoms with Crippen molar-refractivity contribution in [3.63, 3.8) is 0 Å². The van der Waals surface area contributed by atoms with E-state index >= 15 is 0 Å². The lowest BCUT2D eigenvalue weighted by atomic mass is 10.0. The maximum absolute atomic E-state index is 11.9. The van der Waals surface area contributed by atoms with Crippen LogP contribution in [0.25, 0.3) is 0 Å². The summed E-state index contributed by atoms with van der Waals surface area (Å²) in [5.74, 6) is 0.556. The highest BCUT2D eigenvalue weighted by Crippen LogP contribution is 2.25. The topological polar surface area (TPSA) is 70.7 Å². The summed E-state index contributed by atoms with van der Waals surface area (Å²) >= 11 is 0. The second kappa shape index (κ2) is 7.79. The van der Waals surface area contributed by atoms with E-state index in [2.05, 4.69) is 10.6 Å². The van der Waals surface area contributed by atoms with Crippen molar-refractivity contribution in [1.82, 2.24) is 15.5 Å². The van der Waals surface area contributed by atoms with E-state index in [0.717, 1.165) is 22.4 Å². The molecule has 0 aliphatic heterocycles. The summed E-state index contributed by atoms with van der Waals surface area (Å²) < 4.78 is 5.36. The lowest BCUT2D eigenvalue weighted by Crippen LogP contribution is -2.47. The molecule has 0 fully saturated rings. The van der Waals surface area contributed by atoms with Crippen LogP contribution in [0, 0.1) is 13.8 Å². The van der Waals surface area contributed by atoms with E-state index in [1.54, 1.807) is 14.0 Å². The summed E-state index contributed by atoms with van der Waals surface area (Å²) in [6.07, 6.45) is 0. The number of hydrogen-bond acceptors (Lipinski definition) is 4. The molecule has 1 rings (SSSR count). The maximum atomic E-state index is 11.9. The number of rotatable bonds is 5. The van der Waals surface area contributed by atoms with Crippen LogP contribution in [-0.4, -0.2) is 44.1 Å². The molecule has 1 aromatic rings. The normalized spacial score (nSPS) is 12.0. The van der Waals surface area contributed by atoms with Crippen molar-refractivity contribution < 1.29 is 14.3 Å². The first-order valence-corrected chi connectivity index (χ1v) is 7.17. The van der Waals surface area contributed by atoms with Gasteiger partial charge in [0.15, 0.2) is 0 Å². The Balaban J connectivity index is 2.78. The quantitative estimate of drug-likeness (QED) is 0.866. The molecule has 22 heavy (non-hydrogen) atoms. The molecule has 3 amide bonds. The number of imide groups is 1. The van der Waals surface area contributed by atoms with Gasteiger partial charge in [0.05, 0.1) is 13.2 Å². The Hall–Kier alpha value is -2.08. The average Bonchev–Trinajstić information content (AvgIpc) is 2.45. The van der Waals surface area contributed by atoms with Crippen molar-refractivity contribution in [3.8, 4) is 5.75 Å². The van der Waals surface area contributed by atoms with Gasteiger partial charge in [-0.25, -0.2) is 4.79 Å². The minimum absolute atomic E-state index is 0.330. The third kappa shape index (κ3) is 4.46. The van der Waals surface area contributed by atoms with E-state index in [-0.39, 0.29) is 5.91 Å². The van der Waals surface area contributed by atoms with Gasteiger partial charge in [-0.1, -0.05) is 12.1 Å². The third-order valence-corrected chi connectivity index (χ3v) is 3.66. The number of benzene rings is 1. The fourth-order valence-corrected chi connectivity index (χ4v) is 2.36. The molecule has 0 radical (unpaired) electrons. The molecule has 6 nitrogen and oxygen atoms in total. The summed E-state index contributed by atoms with van der Waals surface area (Å²) in [4.78, 5) is 25.0. The van der Waals surface area contributed by atoms with Crippen molar-refractivity contribution in [2.24, 2.45) is 0 Å². The SMILES string of the molecule is CNC(=O)NC(=O)C(C)N(C)Cc1cc(C)c(OC)c(C)c1. The predicted molar refractivity (Wildman–Crippen MR) is 86.0 cm³/mol. The van der Waals surface area contributed by atoms with Crippen LogP contribution in [0.4, 0.5) is 4.79 Å². The third-order valence-electron chi connectivity index (χ3n) is 3.66. The van der Waals surface area contributed by atoms with E-state index in [1.165, 1.54) is 7.05 Å². The largest absolute Gasteiger partial charge is 0.496 e. The minimum atomic E-state index is -0.499. The van der Waals surface area contributed by atoms with E-state index < -0.39 is 12.1 Å². The molecule has 0 aliphatic rings. The van der Waals surface area contributed by atoms with Gasteiger partial charge in [0, 0.05) is 13.6 Å². The monoisotopic (exact) mass is 307 g/mol. The molecule has 0 saturated carbocycles. The van der Waals surface area contributed by atoms with Crippen LogP contribution in [-0.2, 0) is 11.3 Å². The number of methoxy groups -OCH3 is 1. The standard InChI is InChI=1S/C16H25N3O3/c1-10-7-13(8-11(2)14(10)22-6)9-19(5)12(3)15(20)18-16(21)17-4/h7-8,12H,9H2,1-6H3,(H2,17,18,20,21). The van der Waals surface area contributed by atoms with Crippen molar-refractivity contribution >= 4 is 11.9 Å². The Bertz CT molecular complexity index is 535. The second-order valence-electron chi connectivity index (χ2n) is 5.42. The Labute approximate surface area is 131 Å². The number of carbonyl (C=O) groups is 2. The van der Waals surface area contributed by atoms with E-state index in [9.17, 15) is 9.59 Å². The first-order valence-electron chi connectivity index (χ1n) is 7.17. The number of amides is 3. The Morgan fingerprint density at radius 1 is 1.27 bits per heavy atom. The first kappa shape index (κ1) is 18.0. The lowest BCUT2D eigenvalue weighted by Gasteiger charge is -2.24. The summed E-state index contributed by atoms with van der Waals surface area (Å²) in [6, 6.07) is 3.18. The Kier molecular flexibility index (Phi) is 6.37. The number of carbonyl (C=O) groups excluding carboxylic acids is 2. The lowest BCUT2D eigenvalue weighted by molar-refractivity contribution is -0.124. The van der Waals surface area contributed by atoms with Crippen LogP contribution in [0.2, 0.25) is 0 Å². The number of hydrogen-bond donors (Lipinski definition) is 2. The molecule has 0 aliphatic carbocycles. The molecule has 0 bridgehead atoms. The molecule has 2 N–H and O–H groups in total. The Morgan fingerprint density at radius 2 is 1.82 bits per heavy atom. The zero-order valence-electron chi connectivity index (χ0n) is 14.1. The zero-order chi connectivity index (χ0) is 16.9. The molecule has 1 unspecified atom stereocenters. The molecule has 0 spiro atoms. The van der Waals surface area contributed by atoms with Gasteiger partial charge < -0.3 is 10.1 Å². The van der Waals surface area contributed by atoms with Crippen molar-refractivity contribution in [1.29, 1.82) is 0 Å². The van der Waals surface area contributed by atoms with E-state index in [1.807, 2.05) is 37.9 Å². The van der Waals surface area contributed by atoms with Gasteiger partial charge >= 0.3 is 6.03 Å². The van der Waals surface area contributed by atoms with Gasteiger partial charge in [-0.2, -0.15) is 0 Å². The van der Waals surface area contributed by atoms with Gasteiger partial charge in [0.25, 0.3) is 0 Å². The van der Waals surface area contributed by atoms with Crippen LogP contribution in [0.15, 0.2) is 12.1 Å². The van der Waals surface area contributed by atoms with Gasteiger partial charge in [0.2, 0.25) is 5.91 Å². The van der Waals surface area contributed by atoms with Crippen molar-refractivity contribution in [2.75, 3.05) is 21.2 Å². The summed E-state index contributed by atoms with van der Waals surface area (Å²) in [6.45, 7) is 6.36. The highest BCUT2D eigenvalue weighted by atomic mass is 16.5. The van der Waals surface area contributed by atoms with Crippen LogP contribution in [0.1, 0.15) is 23.6 Å². The summed E-state index contributed by atoms with van der Waals surface area (Å²) in [5, 5.41) is 4.65. The van der Waals surface area contributed by atoms with Crippen molar-refractivity contribution in [2.45, 2.75) is 33.4 Å². The first-order chi connectivity index (χ1) is 10.3. The summed E-state index contributed by atoms with van der Waals surface area (Å²) in [7, 11) is 4.98. The number of nitrogens with zero attached hydrogens (tertiary/aromatic N) is 1. The predicted octanol–water partition coefficient (Wildman–Crippen LogP) is 1.59.